The average molecular weight is 505 g/mol. The summed E-state index contributed by atoms with van der Waals surface area (Å²) in [5.41, 5.74) is 2.74. The van der Waals surface area contributed by atoms with E-state index in [0.29, 0.717) is 55.3 Å². The van der Waals surface area contributed by atoms with Gasteiger partial charge >= 0.3 is 12.2 Å². The number of hydrogen-bond donors (Lipinski definition) is 1. The molecule has 0 saturated heterocycles. The van der Waals surface area contributed by atoms with Crippen molar-refractivity contribution < 1.29 is 22.7 Å². The number of aromatic nitrogens is 4. The van der Waals surface area contributed by atoms with Gasteiger partial charge in [0.25, 0.3) is 5.88 Å². The second-order valence-corrected chi connectivity index (χ2v) is 9.02. The lowest BCUT2D eigenvalue weighted by atomic mass is 10.0. The highest BCUT2D eigenvalue weighted by Crippen LogP contribution is 2.28. The van der Waals surface area contributed by atoms with Crippen molar-refractivity contribution in [2.24, 2.45) is 0 Å². The number of hydrogen-bond acceptors (Lipinski definition) is 5. The van der Waals surface area contributed by atoms with Crippen LogP contribution in [0.3, 0.4) is 0 Å². The van der Waals surface area contributed by atoms with E-state index in [-0.39, 0.29) is 6.42 Å². The Hall–Kier alpha value is -3.37. The lowest BCUT2D eigenvalue weighted by molar-refractivity contribution is -0.136. The second kappa shape index (κ2) is 11.1. The largest absolute Gasteiger partial charge is 0.475 e. The van der Waals surface area contributed by atoms with Crippen LogP contribution in [0.1, 0.15) is 64.1 Å². The summed E-state index contributed by atoms with van der Waals surface area (Å²) in [6.07, 6.45) is 4.25. The molecule has 4 heterocycles. The second-order valence-electron chi connectivity index (χ2n) is 9.02. The number of fused-ring (bicyclic) bond motifs is 7. The first-order valence-corrected chi connectivity index (χ1v) is 12.3. The fourth-order valence-electron chi connectivity index (χ4n) is 4.45. The number of nitrogens with one attached hydrogen (secondary N) is 1. The van der Waals surface area contributed by atoms with E-state index in [1.807, 2.05) is 42.8 Å². The Morgan fingerprint density at radius 3 is 2.81 bits per heavy atom. The highest BCUT2D eigenvalue weighted by atomic mass is 19.4. The van der Waals surface area contributed by atoms with Crippen LogP contribution in [0.5, 0.6) is 5.88 Å². The van der Waals surface area contributed by atoms with Crippen molar-refractivity contribution in [3.63, 3.8) is 0 Å². The number of nitrogens with zero attached hydrogens (tertiary/aromatic N) is 5. The summed E-state index contributed by atoms with van der Waals surface area (Å²) in [6.45, 7) is 4.48. The average Bonchev–Trinajstić information content (AvgIpc) is 3.33. The van der Waals surface area contributed by atoms with Crippen molar-refractivity contribution in [3.05, 3.63) is 42.6 Å². The normalized spacial score (nSPS) is 20.0. The Labute approximate surface area is 207 Å². The van der Waals surface area contributed by atoms with E-state index >= 15 is 0 Å². The molecule has 1 aliphatic heterocycles. The number of urea groups is 1. The number of carbonyl (C=O) groups is 1. The maximum atomic E-state index is 13.2. The Kier molecular flexibility index (Phi) is 7.95. The van der Waals surface area contributed by atoms with Crippen LogP contribution in [0, 0.1) is 0 Å². The number of amides is 2. The van der Waals surface area contributed by atoms with Gasteiger partial charge in [-0.2, -0.15) is 13.2 Å². The molecule has 4 rings (SSSR count). The molecular formula is C25H31F3N6O2. The molecule has 36 heavy (non-hydrogen) atoms. The SMILES string of the molecule is CCN1C(=O)N[C@@H](CCC(F)(F)F)CCCCCOc2nc(cn3ccnc23)-c2ccnc(c2)[C@@H]1C. The van der Waals surface area contributed by atoms with Gasteiger partial charge in [0, 0.05) is 49.4 Å². The number of imidazole rings is 1. The van der Waals surface area contributed by atoms with E-state index in [0.717, 1.165) is 12.0 Å². The van der Waals surface area contributed by atoms with Gasteiger partial charge in [0.1, 0.15) is 0 Å². The zero-order valence-corrected chi connectivity index (χ0v) is 20.5. The van der Waals surface area contributed by atoms with Crippen molar-refractivity contribution in [3.8, 4) is 17.1 Å². The molecule has 0 aromatic carbocycles. The quantitative estimate of drug-likeness (QED) is 0.506. The topological polar surface area (TPSA) is 84.7 Å². The summed E-state index contributed by atoms with van der Waals surface area (Å²) < 4.78 is 46.6. The molecule has 3 aromatic rings. The molecule has 0 aliphatic carbocycles. The van der Waals surface area contributed by atoms with Crippen LogP contribution in [0.15, 0.2) is 36.9 Å². The molecule has 0 unspecified atom stereocenters. The molecule has 0 radical (unpaired) electrons. The first-order valence-electron chi connectivity index (χ1n) is 12.3. The molecule has 2 amide bonds. The summed E-state index contributed by atoms with van der Waals surface area (Å²) in [6, 6.07) is 2.34. The first kappa shape index (κ1) is 25.7. The van der Waals surface area contributed by atoms with Gasteiger partial charge in [-0.05, 0) is 51.7 Å². The molecule has 0 saturated carbocycles. The molecule has 2 atom stereocenters. The summed E-state index contributed by atoms with van der Waals surface area (Å²) in [4.78, 5) is 28.3. The van der Waals surface area contributed by atoms with E-state index in [1.165, 1.54) is 0 Å². The molecule has 1 aliphatic rings. The van der Waals surface area contributed by atoms with E-state index in [9.17, 15) is 18.0 Å². The Bertz CT molecular complexity index is 1180. The molecule has 194 valence electrons. The van der Waals surface area contributed by atoms with E-state index < -0.39 is 30.7 Å². The van der Waals surface area contributed by atoms with Crippen molar-refractivity contribution in [2.45, 2.75) is 70.6 Å². The number of pyridine rings is 1. The summed E-state index contributed by atoms with van der Waals surface area (Å²) in [5, 5.41) is 2.85. The van der Waals surface area contributed by atoms with E-state index in [4.69, 9.17) is 9.72 Å². The van der Waals surface area contributed by atoms with Crippen molar-refractivity contribution in [1.29, 1.82) is 0 Å². The first-order chi connectivity index (χ1) is 17.2. The van der Waals surface area contributed by atoms with Gasteiger partial charge in [-0.3, -0.25) is 4.98 Å². The van der Waals surface area contributed by atoms with Gasteiger partial charge in [-0.15, -0.1) is 0 Å². The van der Waals surface area contributed by atoms with Crippen molar-refractivity contribution in [2.75, 3.05) is 13.2 Å². The number of halogens is 3. The minimum Gasteiger partial charge on any atom is -0.475 e. The highest BCUT2D eigenvalue weighted by Gasteiger charge is 2.30. The molecular weight excluding hydrogens is 473 g/mol. The van der Waals surface area contributed by atoms with Gasteiger partial charge in [0.15, 0.2) is 0 Å². The summed E-state index contributed by atoms with van der Waals surface area (Å²) >= 11 is 0. The van der Waals surface area contributed by atoms with Gasteiger partial charge in [-0.25, -0.2) is 14.8 Å². The zero-order valence-electron chi connectivity index (χ0n) is 20.5. The number of alkyl halides is 3. The molecule has 8 nitrogen and oxygen atoms in total. The monoisotopic (exact) mass is 504 g/mol. The Morgan fingerprint density at radius 2 is 2.03 bits per heavy atom. The minimum absolute atomic E-state index is 0.154. The molecule has 1 N–H and O–H groups in total. The van der Waals surface area contributed by atoms with Gasteiger partial charge in [0.05, 0.1) is 24.0 Å². The van der Waals surface area contributed by atoms with Crippen molar-refractivity contribution in [1.82, 2.24) is 29.6 Å². The molecule has 4 bridgehead atoms. The van der Waals surface area contributed by atoms with Gasteiger partial charge in [-0.1, -0.05) is 6.42 Å². The van der Waals surface area contributed by atoms with Crippen LogP contribution < -0.4 is 10.1 Å². The molecule has 3 aromatic heterocycles. The molecule has 0 fully saturated rings. The van der Waals surface area contributed by atoms with Gasteiger partial charge in [0.2, 0.25) is 5.65 Å². The van der Waals surface area contributed by atoms with Crippen molar-refractivity contribution >= 4 is 11.7 Å². The number of rotatable bonds is 3. The Morgan fingerprint density at radius 1 is 1.19 bits per heavy atom. The Balaban J connectivity index is 1.66. The van der Waals surface area contributed by atoms with E-state index in [1.54, 1.807) is 17.3 Å². The van der Waals surface area contributed by atoms with Crippen LogP contribution >= 0.6 is 0 Å². The predicted molar refractivity (Wildman–Crippen MR) is 129 cm³/mol. The van der Waals surface area contributed by atoms with Crippen LogP contribution in [-0.2, 0) is 0 Å². The number of carbonyl (C=O) groups excluding carboxylic acids is 1. The molecule has 11 heteroatoms. The zero-order chi connectivity index (χ0) is 25.7. The lowest BCUT2D eigenvalue weighted by Crippen LogP contribution is -2.46. The standard InChI is InChI=1S/C25H31F3N6O2/c1-3-34-17(2)20-15-18(9-11-29-20)21-16-33-13-12-30-22(33)23(32-21)36-14-6-4-5-7-19(31-24(34)35)8-10-25(26,27)28/h9,11-13,15-17,19H,3-8,10,14H2,1-2H3,(H,31,35)/t17-,19+/m0/s1. The fraction of sp³-hybridized carbons (Fsp3) is 0.520. The lowest BCUT2D eigenvalue weighted by Gasteiger charge is -2.30. The third kappa shape index (κ3) is 6.24. The van der Waals surface area contributed by atoms with Crippen LogP contribution in [0.2, 0.25) is 0 Å². The van der Waals surface area contributed by atoms with Crippen LogP contribution in [0.25, 0.3) is 16.9 Å². The fourth-order valence-corrected chi connectivity index (χ4v) is 4.45. The third-order valence-electron chi connectivity index (χ3n) is 6.46. The van der Waals surface area contributed by atoms with Crippen LogP contribution in [-0.4, -0.2) is 55.7 Å². The molecule has 0 spiro atoms. The number of ether oxygens (including phenoxy) is 1. The van der Waals surface area contributed by atoms with Crippen LogP contribution in [0.4, 0.5) is 18.0 Å². The van der Waals surface area contributed by atoms with Gasteiger partial charge < -0.3 is 19.4 Å². The highest BCUT2D eigenvalue weighted by molar-refractivity contribution is 5.75. The third-order valence-corrected chi connectivity index (χ3v) is 6.46. The minimum atomic E-state index is -4.27. The maximum Gasteiger partial charge on any atom is 0.389 e. The smallest absolute Gasteiger partial charge is 0.389 e. The maximum absolute atomic E-state index is 13.2. The predicted octanol–water partition coefficient (Wildman–Crippen LogP) is 5.55. The summed E-state index contributed by atoms with van der Waals surface area (Å²) in [5.74, 6) is 0.420. The van der Waals surface area contributed by atoms with E-state index in [2.05, 4.69) is 15.3 Å². The summed E-state index contributed by atoms with van der Waals surface area (Å²) in [7, 11) is 0.